The summed E-state index contributed by atoms with van der Waals surface area (Å²) in [7, 11) is 0. The van der Waals surface area contributed by atoms with Gasteiger partial charge < -0.3 is 11.1 Å². The number of benzene rings is 2. The molecule has 2 aromatic carbocycles. The molecule has 3 N–H and O–H groups in total. The highest BCUT2D eigenvalue weighted by Gasteiger charge is 2.11. The molecule has 0 bridgehead atoms. The minimum absolute atomic E-state index is 0.0100. The Kier molecular flexibility index (Phi) is 4.16. The van der Waals surface area contributed by atoms with Crippen LogP contribution in [0.3, 0.4) is 0 Å². The Morgan fingerprint density at radius 1 is 1.26 bits per heavy atom. The highest BCUT2D eigenvalue weighted by molar-refractivity contribution is 9.10. The zero-order chi connectivity index (χ0) is 13.8. The zero-order valence-corrected chi connectivity index (χ0v) is 11.6. The molecule has 19 heavy (non-hydrogen) atoms. The predicted octanol–water partition coefficient (Wildman–Crippen LogP) is 3.10. The number of hydrogen-bond acceptors (Lipinski definition) is 2. The van der Waals surface area contributed by atoms with Gasteiger partial charge in [0.1, 0.15) is 5.82 Å². The monoisotopic (exact) mass is 322 g/mol. The molecule has 0 aliphatic carbocycles. The molecular formula is C14H12BrFN2O. The Labute approximate surface area is 118 Å². The normalized spacial score (nSPS) is 10.2. The van der Waals surface area contributed by atoms with Crippen molar-refractivity contribution in [3.63, 3.8) is 0 Å². The van der Waals surface area contributed by atoms with Gasteiger partial charge in [-0.3, -0.25) is 4.79 Å². The summed E-state index contributed by atoms with van der Waals surface area (Å²) in [6.07, 6.45) is 0. The number of carbonyl (C=O) groups excluding carboxylic acids is 1. The van der Waals surface area contributed by atoms with Crippen LogP contribution >= 0.6 is 15.9 Å². The van der Waals surface area contributed by atoms with E-state index in [1.165, 1.54) is 12.1 Å². The van der Waals surface area contributed by atoms with Crippen LogP contribution in [0.4, 0.5) is 10.1 Å². The Hall–Kier alpha value is -1.88. The molecule has 0 fully saturated rings. The Morgan fingerprint density at radius 2 is 2.05 bits per heavy atom. The first-order chi connectivity index (χ1) is 9.06. The highest BCUT2D eigenvalue weighted by atomic mass is 79.9. The highest BCUT2D eigenvalue weighted by Crippen LogP contribution is 2.13. The molecule has 0 saturated carbocycles. The summed E-state index contributed by atoms with van der Waals surface area (Å²) in [5.41, 5.74) is 6.64. The van der Waals surface area contributed by atoms with Crippen LogP contribution in [0.2, 0.25) is 0 Å². The van der Waals surface area contributed by atoms with E-state index in [0.29, 0.717) is 12.2 Å². The Balaban J connectivity index is 2.05. The van der Waals surface area contributed by atoms with Crippen molar-refractivity contribution in [1.82, 2.24) is 5.32 Å². The van der Waals surface area contributed by atoms with Gasteiger partial charge in [0, 0.05) is 16.7 Å². The average Bonchev–Trinajstić information content (AvgIpc) is 2.36. The fourth-order valence-corrected chi connectivity index (χ4v) is 2.09. The van der Waals surface area contributed by atoms with Crippen molar-refractivity contribution in [2.75, 3.05) is 5.73 Å². The van der Waals surface area contributed by atoms with Gasteiger partial charge in [-0.25, -0.2) is 4.39 Å². The summed E-state index contributed by atoms with van der Waals surface area (Å²) in [5, 5.41) is 2.66. The molecule has 98 valence electrons. The number of rotatable bonds is 3. The van der Waals surface area contributed by atoms with Crippen molar-refractivity contribution in [1.29, 1.82) is 0 Å². The van der Waals surface area contributed by atoms with E-state index in [1.807, 2.05) is 24.3 Å². The molecule has 0 saturated heterocycles. The van der Waals surface area contributed by atoms with Gasteiger partial charge in [-0.05, 0) is 35.9 Å². The van der Waals surface area contributed by atoms with Crippen LogP contribution in [0.5, 0.6) is 0 Å². The fourth-order valence-electron chi connectivity index (χ4n) is 1.64. The molecule has 0 atom stereocenters. The first-order valence-electron chi connectivity index (χ1n) is 5.64. The van der Waals surface area contributed by atoms with Crippen LogP contribution in [-0.4, -0.2) is 5.91 Å². The first kappa shape index (κ1) is 13.5. The van der Waals surface area contributed by atoms with Crippen LogP contribution in [0.1, 0.15) is 15.9 Å². The van der Waals surface area contributed by atoms with Gasteiger partial charge in [-0.15, -0.1) is 0 Å². The summed E-state index contributed by atoms with van der Waals surface area (Å²) in [4.78, 5) is 11.8. The van der Waals surface area contributed by atoms with E-state index in [0.717, 1.165) is 16.1 Å². The topological polar surface area (TPSA) is 55.1 Å². The standard InChI is InChI=1S/C14H12BrFN2O/c15-10-3-1-2-9(6-10)8-18-14(19)12-5-4-11(17)7-13(12)16/h1-7H,8,17H2,(H,18,19). The second-order valence-corrected chi connectivity index (χ2v) is 4.97. The molecule has 0 aromatic heterocycles. The zero-order valence-electron chi connectivity index (χ0n) is 9.99. The van der Waals surface area contributed by atoms with Gasteiger partial charge in [-0.2, -0.15) is 0 Å². The maximum absolute atomic E-state index is 13.5. The molecule has 1 amide bonds. The van der Waals surface area contributed by atoms with E-state index < -0.39 is 11.7 Å². The molecule has 2 aromatic rings. The summed E-state index contributed by atoms with van der Waals surface area (Å²) < 4.78 is 14.5. The molecule has 0 aliphatic rings. The third kappa shape index (κ3) is 3.54. The first-order valence-corrected chi connectivity index (χ1v) is 6.43. The van der Waals surface area contributed by atoms with Gasteiger partial charge in [0.05, 0.1) is 5.56 Å². The molecule has 0 unspecified atom stereocenters. The van der Waals surface area contributed by atoms with Crippen LogP contribution in [0.15, 0.2) is 46.9 Å². The number of carbonyl (C=O) groups is 1. The molecule has 2 rings (SSSR count). The third-order valence-electron chi connectivity index (χ3n) is 2.58. The smallest absolute Gasteiger partial charge is 0.254 e. The van der Waals surface area contributed by atoms with E-state index in [1.54, 1.807) is 0 Å². The van der Waals surface area contributed by atoms with E-state index in [4.69, 9.17) is 5.73 Å². The minimum Gasteiger partial charge on any atom is -0.399 e. The Morgan fingerprint density at radius 3 is 2.74 bits per heavy atom. The van der Waals surface area contributed by atoms with Gasteiger partial charge in [0.15, 0.2) is 0 Å². The van der Waals surface area contributed by atoms with E-state index in [-0.39, 0.29) is 5.56 Å². The second kappa shape index (κ2) is 5.84. The van der Waals surface area contributed by atoms with Crippen molar-refractivity contribution in [2.24, 2.45) is 0 Å². The molecule has 3 nitrogen and oxygen atoms in total. The van der Waals surface area contributed by atoms with Gasteiger partial charge in [0.25, 0.3) is 5.91 Å². The number of hydrogen-bond donors (Lipinski definition) is 2. The number of anilines is 1. The van der Waals surface area contributed by atoms with Gasteiger partial charge in [0.2, 0.25) is 0 Å². The van der Waals surface area contributed by atoms with Crippen LogP contribution in [-0.2, 0) is 6.54 Å². The fraction of sp³-hybridized carbons (Fsp3) is 0.0714. The lowest BCUT2D eigenvalue weighted by Gasteiger charge is -2.07. The summed E-state index contributed by atoms with van der Waals surface area (Å²) in [6.45, 7) is 0.335. The predicted molar refractivity (Wildman–Crippen MR) is 76.1 cm³/mol. The average molecular weight is 323 g/mol. The minimum atomic E-state index is -0.619. The lowest BCUT2D eigenvalue weighted by molar-refractivity contribution is 0.0947. The summed E-state index contributed by atoms with van der Waals surface area (Å²) >= 11 is 3.35. The molecular weight excluding hydrogens is 311 g/mol. The van der Waals surface area contributed by atoms with Crippen molar-refractivity contribution in [3.05, 3.63) is 63.9 Å². The van der Waals surface area contributed by atoms with Crippen molar-refractivity contribution in [2.45, 2.75) is 6.54 Å². The van der Waals surface area contributed by atoms with Crippen LogP contribution < -0.4 is 11.1 Å². The number of halogens is 2. The second-order valence-electron chi connectivity index (χ2n) is 4.05. The van der Waals surface area contributed by atoms with Crippen molar-refractivity contribution >= 4 is 27.5 Å². The lowest BCUT2D eigenvalue weighted by atomic mass is 10.1. The number of nitrogen functional groups attached to an aromatic ring is 1. The quantitative estimate of drug-likeness (QED) is 0.853. The van der Waals surface area contributed by atoms with E-state index >= 15 is 0 Å². The largest absolute Gasteiger partial charge is 0.399 e. The van der Waals surface area contributed by atoms with Crippen molar-refractivity contribution in [3.8, 4) is 0 Å². The van der Waals surface area contributed by atoms with E-state index in [9.17, 15) is 9.18 Å². The molecule has 0 heterocycles. The van der Waals surface area contributed by atoms with E-state index in [2.05, 4.69) is 21.2 Å². The third-order valence-corrected chi connectivity index (χ3v) is 3.07. The number of nitrogens with two attached hydrogens (primary N) is 1. The molecule has 0 radical (unpaired) electrons. The number of nitrogens with one attached hydrogen (secondary N) is 1. The van der Waals surface area contributed by atoms with Crippen LogP contribution in [0.25, 0.3) is 0 Å². The van der Waals surface area contributed by atoms with Gasteiger partial charge >= 0.3 is 0 Å². The summed E-state index contributed by atoms with van der Waals surface area (Å²) in [5.74, 6) is -1.08. The van der Waals surface area contributed by atoms with Gasteiger partial charge in [-0.1, -0.05) is 28.1 Å². The molecule has 5 heteroatoms. The lowest BCUT2D eigenvalue weighted by Crippen LogP contribution is -2.23. The molecule has 0 aliphatic heterocycles. The maximum atomic E-state index is 13.5. The maximum Gasteiger partial charge on any atom is 0.254 e. The molecule has 0 spiro atoms. The van der Waals surface area contributed by atoms with Crippen LogP contribution in [0, 0.1) is 5.82 Å². The van der Waals surface area contributed by atoms with Crippen molar-refractivity contribution < 1.29 is 9.18 Å². The number of amides is 1. The Bertz CT molecular complexity index is 616. The SMILES string of the molecule is Nc1ccc(C(=O)NCc2cccc(Br)c2)c(F)c1. The summed E-state index contributed by atoms with van der Waals surface area (Å²) in [6, 6.07) is 11.5.